The lowest BCUT2D eigenvalue weighted by Crippen LogP contribution is -2.27. The van der Waals surface area contributed by atoms with E-state index in [0.29, 0.717) is 12.5 Å². The Kier molecular flexibility index (Phi) is 6.44. The summed E-state index contributed by atoms with van der Waals surface area (Å²) in [6.45, 7) is 7.03. The maximum atomic E-state index is 11.7. The van der Waals surface area contributed by atoms with Crippen LogP contribution >= 0.6 is 0 Å². The summed E-state index contributed by atoms with van der Waals surface area (Å²) < 4.78 is 0. The van der Waals surface area contributed by atoms with Gasteiger partial charge in [-0.05, 0) is 24.1 Å². The van der Waals surface area contributed by atoms with E-state index in [-0.39, 0.29) is 5.91 Å². The van der Waals surface area contributed by atoms with Crippen molar-refractivity contribution in [3.05, 3.63) is 29.8 Å². The molecule has 3 heteroatoms. The summed E-state index contributed by atoms with van der Waals surface area (Å²) in [6, 6.07) is 8.51. The molecule has 0 radical (unpaired) electrons. The largest absolute Gasteiger partial charge is 0.326 e. The van der Waals surface area contributed by atoms with Gasteiger partial charge in [0.2, 0.25) is 5.91 Å². The van der Waals surface area contributed by atoms with Gasteiger partial charge in [-0.25, -0.2) is 0 Å². The number of aryl methyl sites for hydroxylation is 1. The van der Waals surface area contributed by atoms with Gasteiger partial charge in [0.25, 0.3) is 0 Å². The molecule has 0 saturated carbocycles. The summed E-state index contributed by atoms with van der Waals surface area (Å²) >= 11 is 0. The predicted molar refractivity (Wildman–Crippen MR) is 76.8 cm³/mol. The highest BCUT2D eigenvalue weighted by Crippen LogP contribution is 2.11. The standard InChI is InChI=1S/C15H24N2O/c1-4-5-13-6-8-14(9-7-13)17-15(18)10-11-16-12(2)3/h6-9,12,16H,4-5,10-11H2,1-3H3,(H,17,18). The molecular formula is C15H24N2O. The van der Waals surface area contributed by atoms with Gasteiger partial charge in [0.1, 0.15) is 0 Å². The zero-order chi connectivity index (χ0) is 13.4. The number of hydrogen-bond donors (Lipinski definition) is 2. The molecule has 1 amide bonds. The quantitative estimate of drug-likeness (QED) is 0.779. The van der Waals surface area contributed by atoms with E-state index in [1.165, 1.54) is 5.56 Å². The summed E-state index contributed by atoms with van der Waals surface area (Å²) in [5, 5.41) is 6.13. The number of benzene rings is 1. The van der Waals surface area contributed by atoms with Gasteiger partial charge in [-0.2, -0.15) is 0 Å². The Balaban J connectivity index is 2.35. The molecule has 0 fully saturated rings. The third-order valence-electron chi connectivity index (χ3n) is 2.68. The number of amides is 1. The van der Waals surface area contributed by atoms with Gasteiger partial charge >= 0.3 is 0 Å². The third kappa shape index (κ3) is 5.82. The molecule has 0 saturated heterocycles. The monoisotopic (exact) mass is 248 g/mol. The fraction of sp³-hybridized carbons (Fsp3) is 0.533. The highest BCUT2D eigenvalue weighted by Gasteiger charge is 2.02. The number of rotatable bonds is 7. The van der Waals surface area contributed by atoms with Crippen molar-refractivity contribution in [1.82, 2.24) is 5.32 Å². The Labute approximate surface area is 110 Å². The summed E-state index contributed by atoms with van der Waals surface area (Å²) in [6.07, 6.45) is 2.74. The van der Waals surface area contributed by atoms with Gasteiger partial charge in [-0.15, -0.1) is 0 Å². The van der Waals surface area contributed by atoms with Gasteiger partial charge < -0.3 is 10.6 Å². The molecule has 100 valence electrons. The first-order chi connectivity index (χ1) is 8.61. The number of anilines is 1. The molecular weight excluding hydrogens is 224 g/mol. The van der Waals surface area contributed by atoms with Crippen LogP contribution in [0.2, 0.25) is 0 Å². The van der Waals surface area contributed by atoms with Gasteiger partial charge in [-0.1, -0.05) is 39.3 Å². The second kappa shape index (κ2) is 7.88. The van der Waals surface area contributed by atoms with E-state index >= 15 is 0 Å². The fourth-order valence-corrected chi connectivity index (χ4v) is 1.74. The molecule has 0 aliphatic heterocycles. The topological polar surface area (TPSA) is 41.1 Å². The van der Waals surface area contributed by atoms with E-state index in [1.54, 1.807) is 0 Å². The Morgan fingerprint density at radius 1 is 1.22 bits per heavy atom. The van der Waals surface area contributed by atoms with Crippen LogP contribution in [0.5, 0.6) is 0 Å². The molecule has 1 rings (SSSR count). The minimum atomic E-state index is 0.0615. The molecule has 0 aliphatic rings. The van der Waals surface area contributed by atoms with E-state index < -0.39 is 0 Å². The van der Waals surface area contributed by atoms with Crippen LogP contribution in [0.1, 0.15) is 39.2 Å². The van der Waals surface area contributed by atoms with Crippen molar-refractivity contribution in [2.24, 2.45) is 0 Å². The van der Waals surface area contributed by atoms with E-state index in [0.717, 1.165) is 25.1 Å². The predicted octanol–water partition coefficient (Wildman–Crippen LogP) is 2.97. The van der Waals surface area contributed by atoms with Crippen LogP contribution in [0.3, 0.4) is 0 Å². The molecule has 0 spiro atoms. The molecule has 0 heterocycles. The molecule has 0 aliphatic carbocycles. The molecule has 0 bridgehead atoms. The lowest BCUT2D eigenvalue weighted by atomic mass is 10.1. The Morgan fingerprint density at radius 2 is 1.89 bits per heavy atom. The summed E-state index contributed by atoms with van der Waals surface area (Å²) in [7, 11) is 0. The second-order valence-corrected chi connectivity index (χ2v) is 4.85. The molecule has 1 aromatic carbocycles. The van der Waals surface area contributed by atoms with Gasteiger partial charge in [0.15, 0.2) is 0 Å². The van der Waals surface area contributed by atoms with E-state index in [9.17, 15) is 4.79 Å². The summed E-state index contributed by atoms with van der Waals surface area (Å²) in [4.78, 5) is 11.7. The van der Waals surface area contributed by atoms with Gasteiger partial charge in [-0.3, -0.25) is 4.79 Å². The van der Waals surface area contributed by atoms with Crippen molar-refractivity contribution in [2.45, 2.75) is 46.1 Å². The number of hydrogen-bond acceptors (Lipinski definition) is 2. The maximum Gasteiger partial charge on any atom is 0.225 e. The fourth-order valence-electron chi connectivity index (χ4n) is 1.74. The van der Waals surface area contributed by atoms with Crippen molar-refractivity contribution in [3.63, 3.8) is 0 Å². The van der Waals surface area contributed by atoms with Crippen molar-refractivity contribution < 1.29 is 4.79 Å². The van der Waals surface area contributed by atoms with Crippen LogP contribution in [0.25, 0.3) is 0 Å². The van der Waals surface area contributed by atoms with Crippen molar-refractivity contribution in [3.8, 4) is 0 Å². The SMILES string of the molecule is CCCc1ccc(NC(=O)CCNC(C)C)cc1. The average molecular weight is 248 g/mol. The van der Waals surface area contributed by atoms with Crippen LogP contribution in [0, 0.1) is 0 Å². The molecule has 0 aromatic heterocycles. The van der Waals surface area contributed by atoms with Crippen LogP contribution in [-0.2, 0) is 11.2 Å². The molecule has 1 aromatic rings. The first-order valence-electron chi connectivity index (χ1n) is 6.74. The zero-order valence-corrected chi connectivity index (χ0v) is 11.6. The Morgan fingerprint density at radius 3 is 2.44 bits per heavy atom. The zero-order valence-electron chi connectivity index (χ0n) is 11.6. The first kappa shape index (κ1) is 14.7. The lowest BCUT2D eigenvalue weighted by molar-refractivity contribution is -0.116. The lowest BCUT2D eigenvalue weighted by Gasteiger charge is -2.09. The molecule has 3 nitrogen and oxygen atoms in total. The summed E-state index contributed by atoms with van der Waals surface area (Å²) in [5.74, 6) is 0.0615. The number of carbonyl (C=O) groups is 1. The Bertz CT molecular complexity index is 357. The minimum Gasteiger partial charge on any atom is -0.326 e. The third-order valence-corrected chi connectivity index (χ3v) is 2.68. The molecule has 18 heavy (non-hydrogen) atoms. The van der Waals surface area contributed by atoms with Crippen LogP contribution in [-0.4, -0.2) is 18.5 Å². The van der Waals surface area contributed by atoms with Crippen molar-refractivity contribution >= 4 is 11.6 Å². The molecule has 2 N–H and O–H groups in total. The molecule has 0 atom stereocenters. The van der Waals surface area contributed by atoms with Crippen LogP contribution in [0.4, 0.5) is 5.69 Å². The van der Waals surface area contributed by atoms with E-state index in [4.69, 9.17) is 0 Å². The first-order valence-corrected chi connectivity index (χ1v) is 6.74. The summed E-state index contributed by atoms with van der Waals surface area (Å²) in [5.41, 5.74) is 2.20. The smallest absolute Gasteiger partial charge is 0.225 e. The normalized spacial score (nSPS) is 10.7. The number of nitrogens with one attached hydrogen (secondary N) is 2. The van der Waals surface area contributed by atoms with E-state index in [1.807, 2.05) is 12.1 Å². The Hall–Kier alpha value is -1.35. The van der Waals surface area contributed by atoms with Gasteiger partial charge in [0, 0.05) is 24.7 Å². The average Bonchev–Trinajstić information content (AvgIpc) is 2.31. The molecule has 0 unspecified atom stereocenters. The highest BCUT2D eigenvalue weighted by molar-refractivity contribution is 5.90. The second-order valence-electron chi connectivity index (χ2n) is 4.85. The van der Waals surface area contributed by atoms with Crippen molar-refractivity contribution in [1.29, 1.82) is 0 Å². The van der Waals surface area contributed by atoms with Crippen LogP contribution in [0.15, 0.2) is 24.3 Å². The van der Waals surface area contributed by atoms with Gasteiger partial charge in [0.05, 0.1) is 0 Å². The highest BCUT2D eigenvalue weighted by atomic mass is 16.1. The minimum absolute atomic E-state index is 0.0615. The number of carbonyl (C=O) groups excluding carboxylic acids is 1. The maximum absolute atomic E-state index is 11.7. The van der Waals surface area contributed by atoms with Crippen LogP contribution < -0.4 is 10.6 Å². The van der Waals surface area contributed by atoms with E-state index in [2.05, 4.69) is 43.5 Å². The van der Waals surface area contributed by atoms with Crippen molar-refractivity contribution in [2.75, 3.05) is 11.9 Å².